The summed E-state index contributed by atoms with van der Waals surface area (Å²) in [4.78, 5) is 40.0. The van der Waals surface area contributed by atoms with Gasteiger partial charge in [-0.15, -0.1) is 0 Å². The summed E-state index contributed by atoms with van der Waals surface area (Å²) in [5.41, 5.74) is 1.42. The number of aromatic nitrogens is 1. The quantitative estimate of drug-likeness (QED) is 0.678. The number of esters is 1. The Morgan fingerprint density at radius 3 is 2.78 bits per heavy atom. The second kappa shape index (κ2) is 6.48. The highest BCUT2D eigenvalue weighted by Crippen LogP contribution is 2.22. The fourth-order valence-corrected chi connectivity index (χ4v) is 2.52. The van der Waals surface area contributed by atoms with Crippen LogP contribution in [0.5, 0.6) is 0 Å². The van der Waals surface area contributed by atoms with Gasteiger partial charge in [-0.2, -0.15) is 0 Å². The van der Waals surface area contributed by atoms with E-state index in [1.165, 1.54) is 0 Å². The Balaban J connectivity index is 1.65. The van der Waals surface area contributed by atoms with E-state index in [2.05, 4.69) is 4.98 Å². The molecule has 2 aromatic rings. The van der Waals surface area contributed by atoms with Gasteiger partial charge in [-0.3, -0.25) is 9.59 Å². The molecule has 1 aliphatic heterocycles. The third-order valence-electron chi connectivity index (χ3n) is 3.71. The molecule has 0 radical (unpaired) electrons. The Hall–Kier alpha value is -2.89. The molecule has 3 rings (SSSR count). The van der Waals surface area contributed by atoms with Gasteiger partial charge in [0, 0.05) is 30.4 Å². The minimum absolute atomic E-state index is 0.0628. The summed E-state index contributed by atoms with van der Waals surface area (Å²) in [6.45, 7) is 0.327. The van der Waals surface area contributed by atoms with Crippen LogP contribution in [0.3, 0.4) is 0 Å². The molecule has 2 heterocycles. The summed E-state index contributed by atoms with van der Waals surface area (Å²) in [5, 5.41) is 0. The van der Waals surface area contributed by atoms with Crippen molar-refractivity contribution in [3.8, 4) is 0 Å². The summed E-state index contributed by atoms with van der Waals surface area (Å²) < 4.78 is 4.99. The molecule has 1 N–H and O–H groups in total. The Morgan fingerprint density at radius 2 is 2.09 bits per heavy atom. The Morgan fingerprint density at radius 1 is 1.22 bits per heavy atom. The standard InChI is InChI=1S/C17H16N2O4/c20-15(11-23-17(22)14-6-2-8-18-14)12-4-1-5-13(10-12)19-9-3-7-16(19)21/h1-2,4-6,8,10,18H,3,7,9,11H2. The molecular formula is C17H16N2O4. The molecule has 1 aromatic carbocycles. The molecule has 1 aliphatic rings. The Bertz CT molecular complexity index is 737. The van der Waals surface area contributed by atoms with Crippen molar-refractivity contribution in [3.05, 3.63) is 53.9 Å². The van der Waals surface area contributed by atoms with Gasteiger partial charge in [0.15, 0.2) is 12.4 Å². The molecular weight excluding hydrogens is 296 g/mol. The Kier molecular flexibility index (Phi) is 4.23. The van der Waals surface area contributed by atoms with Gasteiger partial charge in [-0.1, -0.05) is 12.1 Å². The first-order chi connectivity index (χ1) is 11.1. The van der Waals surface area contributed by atoms with Crippen LogP contribution >= 0.6 is 0 Å². The van der Waals surface area contributed by atoms with E-state index in [9.17, 15) is 14.4 Å². The lowest BCUT2D eigenvalue weighted by Crippen LogP contribution is -2.24. The molecule has 0 atom stereocenters. The highest BCUT2D eigenvalue weighted by molar-refractivity contribution is 6.01. The number of Topliss-reactive ketones (excluding diaryl/α,β-unsaturated/α-hetero) is 1. The van der Waals surface area contributed by atoms with Crippen LogP contribution in [0.2, 0.25) is 0 Å². The number of nitrogens with one attached hydrogen (secondary N) is 1. The first kappa shape index (κ1) is 15.0. The minimum Gasteiger partial charge on any atom is -0.453 e. The van der Waals surface area contributed by atoms with Crippen LogP contribution in [0, 0.1) is 0 Å². The second-order valence-electron chi connectivity index (χ2n) is 5.28. The zero-order chi connectivity index (χ0) is 16.2. The van der Waals surface area contributed by atoms with Crippen LogP contribution in [-0.2, 0) is 9.53 Å². The summed E-state index contributed by atoms with van der Waals surface area (Å²) in [5.74, 6) is -0.819. The van der Waals surface area contributed by atoms with E-state index in [0.717, 1.165) is 6.42 Å². The van der Waals surface area contributed by atoms with Gasteiger partial charge in [0.2, 0.25) is 5.91 Å². The zero-order valence-electron chi connectivity index (χ0n) is 12.5. The summed E-state index contributed by atoms with van der Waals surface area (Å²) in [7, 11) is 0. The molecule has 0 spiro atoms. The van der Waals surface area contributed by atoms with Crippen molar-refractivity contribution in [2.24, 2.45) is 0 Å². The monoisotopic (exact) mass is 312 g/mol. The molecule has 0 saturated carbocycles. The lowest BCUT2D eigenvalue weighted by atomic mass is 10.1. The van der Waals surface area contributed by atoms with Crippen LogP contribution < -0.4 is 4.90 Å². The normalized spacial score (nSPS) is 14.1. The smallest absolute Gasteiger partial charge is 0.355 e. The first-order valence-electron chi connectivity index (χ1n) is 7.39. The van der Waals surface area contributed by atoms with Crippen LogP contribution in [0.4, 0.5) is 5.69 Å². The number of hydrogen-bond acceptors (Lipinski definition) is 4. The number of rotatable bonds is 5. The molecule has 1 aromatic heterocycles. The predicted octanol–water partition coefficient (Wildman–Crippen LogP) is 2.18. The van der Waals surface area contributed by atoms with Gasteiger partial charge in [0.25, 0.3) is 0 Å². The molecule has 1 fully saturated rings. The van der Waals surface area contributed by atoms with E-state index in [-0.39, 0.29) is 18.3 Å². The fraction of sp³-hybridized carbons (Fsp3) is 0.235. The van der Waals surface area contributed by atoms with Gasteiger partial charge >= 0.3 is 5.97 Å². The third-order valence-corrected chi connectivity index (χ3v) is 3.71. The highest BCUT2D eigenvalue weighted by atomic mass is 16.5. The molecule has 6 nitrogen and oxygen atoms in total. The number of H-pyrrole nitrogens is 1. The van der Waals surface area contributed by atoms with E-state index >= 15 is 0 Å². The van der Waals surface area contributed by atoms with Crippen molar-refractivity contribution >= 4 is 23.3 Å². The van der Waals surface area contributed by atoms with Crippen molar-refractivity contribution in [1.82, 2.24) is 4.98 Å². The minimum atomic E-state index is -0.575. The number of benzene rings is 1. The van der Waals surface area contributed by atoms with Gasteiger partial charge in [-0.25, -0.2) is 4.79 Å². The SMILES string of the molecule is O=C(COC(=O)c1ccc[nH]1)c1cccc(N2CCCC2=O)c1. The van der Waals surface area contributed by atoms with Crippen LogP contribution in [0.1, 0.15) is 33.7 Å². The molecule has 0 unspecified atom stereocenters. The van der Waals surface area contributed by atoms with E-state index in [4.69, 9.17) is 4.74 Å². The number of carbonyl (C=O) groups excluding carboxylic acids is 3. The average Bonchev–Trinajstić information content (AvgIpc) is 3.24. The highest BCUT2D eigenvalue weighted by Gasteiger charge is 2.22. The number of hydrogen-bond donors (Lipinski definition) is 1. The topological polar surface area (TPSA) is 79.5 Å². The molecule has 1 saturated heterocycles. The van der Waals surface area contributed by atoms with E-state index in [1.54, 1.807) is 47.5 Å². The van der Waals surface area contributed by atoms with Gasteiger partial charge in [0.05, 0.1) is 0 Å². The maximum Gasteiger partial charge on any atom is 0.355 e. The van der Waals surface area contributed by atoms with Crippen LogP contribution in [0.25, 0.3) is 0 Å². The van der Waals surface area contributed by atoms with Crippen molar-refractivity contribution < 1.29 is 19.1 Å². The van der Waals surface area contributed by atoms with Gasteiger partial charge < -0.3 is 14.6 Å². The number of amides is 1. The summed E-state index contributed by atoms with van der Waals surface area (Å²) in [6.07, 6.45) is 2.96. The molecule has 0 aliphatic carbocycles. The van der Waals surface area contributed by atoms with E-state index in [0.29, 0.717) is 29.9 Å². The van der Waals surface area contributed by atoms with Gasteiger partial charge in [0.1, 0.15) is 5.69 Å². The number of ether oxygens (including phenoxy) is 1. The maximum absolute atomic E-state index is 12.2. The number of ketones is 1. The van der Waals surface area contributed by atoms with Crippen LogP contribution in [0.15, 0.2) is 42.6 Å². The maximum atomic E-state index is 12.2. The average molecular weight is 312 g/mol. The number of aromatic amines is 1. The van der Waals surface area contributed by atoms with Crippen molar-refractivity contribution in [2.75, 3.05) is 18.1 Å². The number of nitrogens with zero attached hydrogens (tertiary/aromatic N) is 1. The number of carbonyl (C=O) groups is 3. The van der Waals surface area contributed by atoms with Crippen molar-refractivity contribution in [1.29, 1.82) is 0 Å². The van der Waals surface area contributed by atoms with Crippen LogP contribution in [-0.4, -0.2) is 35.8 Å². The third kappa shape index (κ3) is 3.31. The van der Waals surface area contributed by atoms with E-state index in [1.807, 2.05) is 0 Å². The molecule has 23 heavy (non-hydrogen) atoms. The predicted molar refractivity (Wildman–Crippen MR) is 83.4 cm³/mol. The molecule has 0 bridgehead atoms. The van der Waals surface area contributed by atoms with Crippen molar-refractivity contribution in [3.63, 3.8) is 0 Å². The molecule has 6 heteroatoms. The first-order valence-corrected chi connectivity index (χ1v) is 7.39. The molecule has 1 amide bonds. The summed E-state index contributed by atoms with van der Waals surface area (Å²) in [6, 6.07) is 10.1. The Labute approximate surface area is 133 Å². The second-order valence-corrected chi connectivity index (χ2v) is 5.28. The van der Waals surface area contributed by atoms with E-state index < -0.39 is 5.97 Å². The largest absolute Gasteiger partial charge is 0.453 e. The summed E-state index contributed by atoms with van der Waals surface area (Å²) >= 11 is 0. The lowest BCUT2D eigenvalue weighted by molar-refractivity contribution is -0.117. The number of anilines is 1. The van der Waals surface area contributed by atoms with Gasteiger partial charge in [-0.05, 0) is 30.7 Å². The molecule has 118 valence electrons. The van der Waals surface area contributed by atoms with Crippen molar-refractivity contribution in [2.45, 2.75) is 12.8 Å². The fourth-order valence-electron chi connectivity index (χ4n) is 2.52. The lowest BCUT2D eigenvalue weighted by Gasteiger charge is -2.16. The zero-order valence-corrected chi connectivity index (χ0v) is 12.5.